The second kappa shape index (κ2) is 7.43. The Morgan fingerprint density at radius 3 is 2.33 bits per heavy atom. The highest BCUT2D eigenvalue weighted by Crippen LogP contribution is 2.02. The zero-order valence-electron chi connectivity index (χ0n) is 9.84. The van der Waals surface area contributed by atoms with E-state index in [0.29, 0.717) is 0 Å². The number of benzene rings is 1. The Hall–Kier alpha value is -0.860. The zero-order valence-corrected chi connectivity index (χ0v) is 9.84. The molecular formula is C13H22N2. The smallest absolute Gasteiger partial charge is 0.0205 e. The van der Waals surface area contributed by atoms with Gasteiger partial charge in [0.05, 0.1) is 0 Å². The second-order valence-corrected chi connectivity index (χ2v) is 3.87. The highest BCUT2D eigenvalue weighted by atomic mass is 14.9. The lowest BCUT2D eigenvalue weighted by Gasteiger charge is -2.05. The van der Waals surface area contributed by atoms with Crippen LogP contribution in [0, 0.1) is 6.92 Å². The molecule has 2 N–H and O–H groups in total. The molecule has 1 aromatic rings. The Morgan fingerprint density at radius 1 is 1.00 bits per heavy atom. The van der Waals surface area contributed by atoms with E-state index in [1.807, 2.05) is 0 Å². The van der Waals surface area contributed by atoms with Gasteiger partial charge in [-0.25, -0.2) is 0 Å². The number of aryl methyl sites for hydroxylation is 1. The normalized spacial score (nSPS) is 10.5. The molecule has 2 nitrogen and oxygen atoms in total. The molecule has 15 heavy (non-hydrogen) atoms. The van der Waals surface area contributed by atoms with Gasteiger partial charge in [0.2, 0.25) is 0 Å². The second-order valence-electron chi connectivity index (χ2n) is 3.87. The average molecular weight is 206 g/mol. The van der Waals surface area contributed by atoms with Crippen molar-refractivity contribution in [1.29, 1.82) is 0 Å². The van der Waals surface area contributed by atoms with Crippen molar-refractivity contribution in [3.05, 3.63) is 35.4 Å². The molecule has 0 heterocycles. The third-order valence-electron chi connectivity index (χ3n) is 2.41. The fraction of sp³-hybridized carbons (Fsp3) is 0.538. The summed E-state index contributed by atoms with van der Waals surface area (Å²) in [6.07, 6.45) is 1.19. The van der Waals surface area contributed by atoms with E-state index in [1.54, 1.807) is 0 Å². The topological polar surface area (TPSA) is 24.1 Å². The monoisotopic (exact) mass is 206 g/mol. The number of hydrogen-bond donors (Lipinski definition) is 2. The first-order chi connectivity index (χ1) is 7.33. The van der Waals surface area contributed by atoms with Gasteiger partial charge in [-0.15, -0.1) is 0 Å². The van der Waals surface area contributed by atoms with Crippen LogP contribution in [0.1, 0.15) is 24.5 Å². The summed E-state index contributed by atoms with van der Waals surface area (Å²) in [7, 11) is 0. The lowest BCUT2D eigenvalue weighted by Crippen LogP contribution is -2.21. The van der Waals surface area contributed by atoms with E-state index in [2.05, 4.69) is 48.7 Å². The van der Waals surface area contributed by atoms with Gasteiger partial charge in [-0.2, -0.15) is 0 Å². The SMILES string of the molecule is CCNCCCNCc1ccc(C)cc1. The first-order valence-corrected chi connectivity index (χ1v) is 5.80. The summed E-state index contributed by atoms with van der Waals surface area (Å²) in [5.74, 6) is 0. The molecule has 84 valence electrons. The molecule has 1 aromatic carbocycles. The molecule has 0 bridgehead atoms. The van der Waals surface area contributed by atoms with Crippen LogP contribution >= 0.6 is 0 Å². The van der Waals surface area contributed by atoms with Gasteiger partial charge in [-0.05, 0) is 38.5 Å². The van der Waals surface area contributed by atoms with Gasteiger partial charge < -0.3 is 10.6 Å². The summed E-state index contributed by atoms with van der Waals surface area (Å²) in [6.45, 7) is 8.50. The number of hydrogen-bond acceptors (Lipinski definition) is 2. The van der Waals surface area contributed by atoms with Crippen molar-refractivity contribution in [3.63, 3.8) is 0 Å². The van der Waals surface area contributed by atoms with E-state index >= 15 is 0 Å². The van der Waals surface area contributed by atoms with Crippen molar-refractivity contribution in [2.75, 3.05) is 19.6 Å². The van der Waals surface area contributed by atoms with Crippen LogP contribution in [0.25, 0.3) is 0 Å². The minimum atomic E-state index is 0.979. The van der Waals surface area contributed by atoms with E-state index in [9.17, 15) is 0 Å². The first kappa shape index (κ1) is 12.2. The van der Waals surface area contributed by atoms with Crippen molar-refractivity contribution in [1.82, 2.24) is 10.6 Å². The van der Waals surface area contributed by atoms with E-state index in [0.717, 1.165) is 26.2 Å². The molecule has 0 spiro atoms. The Bertz CT molecular complexity index is 254. The Kier molecular flexibility index (Phi) is 6.05. The van der Waals surface area contributed by atoms with Crippen molar-refractivity contribution < 1.29 is 0 Å². The fourth-order valence-corrected chi connectivity index (χ4v) is 1.45. The van der Waals surface area contributed by atoms with E-state index < -0.39 is 0 Å². The van der Waals surface area contributed by atoms with Gasteiger partial charge in [0, 0.05) is 6.54 Å². The fourth-order valence-electron chi connectivity index (χ4n) is 1.45. The third-order valence-corrected chi connectivity index (χ3v) is 2.41. The molecule has 0 atom stereocenters. The molecule has 2 heteroatoms. The van der Waals surface area contributed by atoms with Crippen LogP contribution in [-0.2, 0) is 6.54 Å². The van der Waals surface area contributed by atoms with Crippen molar-refractivity contribution in [2.24, 2.45) is 0 Å². The summed E-state index contributed by atoms with van der Waals surface area (Å²) in [6, 6.07) is 8.70. The molecule has 0 unspecified atom stereocenters. The van der Waals surface area contributed by atoms with E-state index in [1.165, 1.54) is 17.5 Å². The molecule has 0 saturated carbocycles. The molecule has 0 amide bonds. The zero-order chi connectivity index (χ0) is 10.9. The summed E-state index contributed by atoms with van der Waals surface area (Å²) >= 11 is 0. The molecule has 0 radical (unpaired) electrons. The summed E-state index contributed by atoms with van der Waals surface area (Å²) in [5, 5.41) is 6.75. The van der Waals surface area contributed by atoms with Crippen LogP contribution in [0.15, 0.2) is 24.3 Å². The third kappa shape index (κ3) is 5.55. The van der Waals surface area contributed by atoms with Crippen molar-refractivity contribution in [3.8, 4) is 0 Å². The van der Waals surface area contributed by atoms with Gasteiger partial charge in [0.25, 0.3) is 0 Å². The maximum absolute atomic E-state index is 3.44. The van der Waals surface area contributed by atoms with Crippen LogP contribution < -0.4 is 10.6 Å². The predicted octanol–water partition coefficient (Wildman–Crippen LogP) is 2.08. The van der Waals surface area contributed by atoms with E-state index in [-0.39, 0.29) is 0 Å². The largest absolute Gasteiger partial charge is 0.317 e. The van der Waals surface area contributed by atoms with Crippen LogP contribution in [0.4, 0.5) is 0 Å². The Morgan fingerprint density at radius 2 is 1.67 bits per heavy atom. The quantitative estimate of drug-likeness (QED) is 0.667. The predicted molar refractivity (Wildman–Crippen MR) is 66.0 cm³/mol. The summed E-state index contributed by atoms with van der Waals surface area (Å²) < 4.78 is 0. The molecule has 0 aliphatic heterocycles. The van der Waals surface area contributed by atoms with Gasteiger partial charge in [0.15, 0.2) is 0 Å². The molecule has 0 aromatic heterocycles. The number of nitrogens with one attached hydrogen (secondary N) is 2. The molecule has 1 rings (SSSR count). The van der Waals surface area contributed by atoms with Gasteiger partial charge in [-0.1, -0.05) is 36.8 Å². The maximum Gasteiger partial charge on any atom is 0.0205 e. The number of rotatable bonds is 7. The van der Waals surface area contributed by atoms with Crippen LogP contribution in [0.5, 0.6) is 0 Å². The Balaban J connectivity index is 2.07. The van der Waals surface area contributed by atoms with Crippen molar-refractivity contribution in [2.45, 2.75) is 26.8 Å². The molecule has 0 aliphatic rings. The lowest BCUT2D eigenvalue weighted by atomic mass is 10.1. The standard InChI is InChI=1S/C13H22N2/c1-3-14-9-4-10-15-11-13-7-5-12(2)6-8-13/h5-8,14-15H,3-4,9-11H2,1-2H3. The first-order valence-electron chi connectivity index (χ1n) is 5.80. The average Bonchev–Trinajstić information content (AvgIpc) is 2.26. The molecular weight excluding hydrogens is 184 g/mol. The highest BCUT2D eigenvalue weighted by Gasteiger charge is 1.91. The van der Waals surface area contributed by atoms with Crippen LogP contribution in [0.2, 0.25) is 0 Å². The summed E-state index contributed by atoms with van der Waals surface area (Å²) in [4.78, 5) is 0. The lowest BCUT2D eigenvalue weighted by molar-refractivity contribution is 0.606. The minimum absolute atomic E-state index is 0.979. The Labute approximate surface area is 93.1 Å². The summed E-state index contributed by atoms with van der Waals surface area (Å²) in [5.41, 5.74) is 2.69. The van der Waals surface area contributed by atoms with Gasteiger partial charge >= 0.3 is 0 Å². The van der Waals surface area contributed by atoms with Gasteiger partial charge in [-0.3, -0.25) is 0 Å². The van der Waals surface area contributed by atoms with Crippen molar-refractivity contribution >= 4 is 0 Å². The van der Waals surface area contributed by atoms with Crippen LogP contribution in [0.3, 0.4) is 0 Å². The molecule has 0 aliphatic carbocycles. The highest BCUT2D eigenvalue weighted by molar-refractivity contribution is 5.20. The van der Waals surface area contributed by atoms with Crippen LogP contribution in [-0.4, -0.2) is 19.6 Å². The maximum atomic E-state index is 3.44. The molecule has 0 saturated heterocycles. The van der Waals surface area contributed by atoms with E-state index in [4.69, 9.17) is 0 Å². The molecule has 0 fully saturated rings. The minimum Gasteiger partial charge on any atom is -0.317 e. The van der Waals surface area contributed by atoms with Gasteiger partial charge in [0.1, 0.15) is 0 Å².